The molecule has 1 rings (SSSR count). The number of hydrogen-bond acceptors (Lipinski definition) is 1. The number of hydrogen-bond donors (Lipinski definition) is 1. The number of alkyl halides is 1. The molecule has 0 heterocycles. The van der Waals surface area contributed by atoms with E-state index in [9.17, 15) is 5.11 Å². The second kappa shape index (κ2) is 4.13. The zero-order chi connectivity index (χ0) is 8.43. The lowest BCUT2D eigenvalue weighted by atomic mass is 10.2. The van der Waals surface area contributed by atoms with E-state index in [1.54, 1.807) is 6.07 Å². The molecule has 0 aliphatic rings. The molecule has 0 aliphatic heterocycles. The van der Waals surface area contributed by atoms with Crippen LogP contribution in [0.15, 0.2) is 12.1 Å². The first-order valence-electron chi connectivity index (χ1n) is 2.88. The largest absolute Gasteiger partial charge is 0.507 e. The third-order valence-corrected chi connectivity index (χ3v) is 3.78. The topological polar surface area (TPSA) is 20.2 Å². The molecule has 1 aromatic carbocycles. The van der Waals surface area contributed by atoms with Gasteiger partial charge in [0.1, 0.15) is 5.75 Å². The van der Waals surface area contributed by atoms with Crippen molar-refractivity contribution < 1.29 is 5.11 Å². The van der Waals surface area contributed by atoms with Crippen LogP contribution in [-0.2, 0) is 5.88 Å². The summed E-state index contributed by atoms with van der Waals surface area (Å²) in [6.45, 7) is 0. The maximum absolute atomic E-state index is 9.29. The lowest BCUT2D eigenvalue weighted by Crippen LogP contribution is -1.89. The van der Waals surface area contributed by atoms with Crippen LogP contribution in [0.5, 0.6) is 5.75 Å². The molecule has 0 radical (unpaired) electrons. The molecule has 1 nitrogen and oxygen atoms in total. The molecule has 0 amide bonds. The summed E-state index contributed by atoms with van der Waals surface area (Å²) < 4.78 is 1.95. The normalized spacial score (nSPS) is 10.1. The van der Waals surface area contributed by atoms with E-state index < -0.39 is 0 Å². The van der Waals surface area contributed by atoms with Gasteiger partial charge < -0.3 is 5.11 Å². The number of phenolic OH excluding ortho intramolecular Hbond substituents is 1. The Bertz CT molecular complexity index is 275. The summed E-state index contributed by atoms with van der Waals surface area (Å²) in [4.78, 5) is 0. The molecule has 0 fully saturated rings. The second-order valence-corrected chi connectivity index (χ2v) is 4.50. The molecule has 60 valence electrons. The smallest absolute Gasteiger partial charge is 0.129 e. The van der Waals surface area contributed by atoms with E-state index in [4.69, 9.17) is 11.6 Å². The third kappa shape index (κ3) is 2.12. The Labute approximate surface area is 97.4 Å². The molecular formula is C7H5ClI2O. The van der Waals surface area contributed by atoms with Crippen LogP contribution in [0.1, 0.15) is 5.56 Å². The van der Waals surface area contributed by atoms with Gasteiger partial charge in [0.15, 0.2) is 0 Å². The predicted octanol–water partition coefficient (Wildman–Crippen LogP) is 3.34. The van der Waals surface area contributed by atoms with Gasteiger partial charge in [-0.15, -0.1) is 11.6 Å². The van der Waals surface area contributed by atoms with Crippen molar-refractivity contribution in [3.05, 3.63) is 24.8 Å². The van der Waals surface area contributed by atoms with Gasteiger partial charge in [0.2, 0.25) is 0 Å². The highest BCUT2D eigenvalue weighted by atomic mass is 127. The van der Waals surface area contributed by atoms with Crippen molar-refractivity contribution >= 4 is 56.8 Å². The van der Waals surface area contributed by atoms with Gasteiger partial charge in [-0.2, -0.15) is 0 Å². The summed E-state index contributed by atoms with van der Waals surface area (Å²) in [6.07, 6.45) is 0. The van der Waals surface area contributed by atoms with Crippen LogP contribution in [-0.4, -0.2) is 5.11 Å². The highest BCUT2D eigenvalue weighted by Crippen LogP contribution is 2.28. The van der Waals surface area contributed by atoms with E-state index in [1.165, 1.54) is 0 Å². The SMILES string of the molecule is Oc1ccc(I)c(CCl)c1I. The summed E-state index contributed by atoms with van der Waals surface area (Å²) >= 11 is 9.98. The van der Waals surface area contributed by atoms with E-state index >= 15 is 0 Å². The summed E-state index contributed by atoms with van der Waals surface area (Å²) in [5.41, 5.74) is 1.01. The van der Waals surface area contributed by atoms with Crippen molar-refractivity contribution in [3.63, 3.8) is 0 Å². The fourth-order valence-electron chi connectivity index (χ4n) is 0.708. The van der Waals surface area contributed by atoms with Crippen molar-refractivity contribution in [2.45, 2.75) is 5.88 Å². The first-order valence-corrected chi connectivity index (χ1v) is 5.58. The number of rotatable bonds is 1. The standard InChI is InChI=1S/C7H5ClI2O/c8-3-4-5(9)1-2-6(11)7(4)10/h1-2,11H,3H2. The summed E-state index contributed by atoms with van der Waals surface area (Å²) in [5.74, 6) is 0.756. The molecule has 0 spiro atoms. The van der Waals surface area contributed by atoms with Gasteiger partial charge in [-0.05, 0) is 62.9 Å². The first kappa shape index (κ1) is 9.85. The molecule has 0 aromatic heterocycles. The molecule has 1 aromatic rings. The molecule has 0 bridgehead atoms. The monoisotopic (exact) mass is 394 g/mol. The minimum atomic E-state index is 0.307. The summed E-state index contributed by atoms with van der Waals surface area (Å²) in [6, 6.07) is 3.54. The number of phenols is 1. The van der Waals surface area contributed by atoms with Crippen LogP contribution in [0.2, 0.25) is 0 Å². The van der Waals surface area contributed by atoms with Gasteiger partial charge in [-0.1, -0.05) is 0 Å². The quantitative estimate of drug-likeness (QED) is 0.572. The Hall–Kier alpha value is 0.770. The van der Waals surface area contributed by atoms with Crippen LogP contribution in [0, 0.1) is 7.14 Å². The molecule has 4 heteroatoms. The van der Waals surface area contributed by atoms with E-state index in [0.717, 1.165) is 12.7 Å². The van der Waals surface area contributed by atoms with Crippen LogP contribution in [0.3, 0.4) is 0 Å². The predicted molar refractivity (Wildman–Crippen MR) is 63.1 cm³/mol. The van der Waals surface area contributed by atoms with E-state index in [1.807, 2.05) is 6.07 Å². The molecule has 11 heavy (non-hydrogen) atoms. The Kier molecular flexibility index (Phi) is 3.70. The second-order valence-electron chi connectivity index (χ2n) is 1.99. The number of aromatic hydroxyl groups is 1. The lowest BCUT2D eigenvalue weighted by molar-refractivity contribution is 0.470. The molecule has 0 atom stereocenters. The van der Waals surface area contributed by atoms with Crippen LogP contribution in [0.25, 0.3) is 0 Å². The minimum absolute atomic E-state index is 0.307. The van der Waals surface area contributed by atoms with Crippen molar-refractivity contribution in [2.24, 2.45) is 0 Å². The third-order valence-electron chi connectivity index (χ3n) is 1.30. The van der Waals surface area contributed by atoms with Crippen molar-refractivity contribution in [1.82, 2.24) is 0 Å². The van der Waals surface area contributed by atoms with E-state index in [2.05, 4.69) is 45.2 Å². The first-order chi connectivity index (χ1) is 5.16. The number of benzene rings is 1. The van der Waals surface area contributed by atoms with Gasteiger partial charge in [0.25, 0.3) is 0 Å². The maximum atomic E-state index is 9.29. The van der Waals surface area contributed by atoms with Gasteiger partial charge in [0, 0.05) is 9.45 Å². The Morgan fingerprint density at radius 2 is 2.00 bits per heavy atom. The molecule has 0 unspecified atom stereocenters. The zero-order valence-electron chi connectivity index (χ0n) is 5.44. The molecule has 0 aliphatic carbocycles. The average Bonchev–Trinajstić information content (AvgIpc) is 1.99. The minimum Gasteiger partial charge on any atom is -0.507 e. The summed E-state index contributed by atoms with van der Waals surface area (Å²) in [7, 11) is 0. The molecule has 0 saturated carbocycles. The van der Waals surface area contributed by atoms with Crippen molar-refractivity contribution in [1.29, 1.82) is 0 Å². The van der Waals surface area contributed by atoms with E-state index in [0.29, 0.717) is 11.6 Å². The van der Waals surface area contributed by atoms with Crippen molar-refractivity contribution in [2.75, 3.05) is 0 Å². The highest BCUT2D eigenvalue weighted by molar-refractivity contribution is 14.1. The number of halogens is 3. The zero-order valence-corrected chi connectivity index (χ0v) is 10.5. The highest BCUT2D eigenvalue weighted by Gasteiger charge is 2.06. The summed E-state index contributed by atoms with van der Waals surface area (Å²) in [5, 5.41) is 9.29. The fraction of sp³-hybridized carbons (Fsp3) is 0.143. The molecular weight excluding hydrogens is 389 g/mol. The fourth-order valence-corrected chi connectivity index (χ4v) is 3.25. The Morgan fingerprint density at radius 1 is 1.36 bits per heavy atom. The molecule has 0 saturated heterocycles. The Morgan fingerprint density at radius 3 is 2.45 bits per heavy atom. The lowest BCUT2D eigenvalue weighted by Gasteiger charge is -2.04. The van der Waals surface area contributed by atoms with E-state index in [-0.39, 0.29) is 0 Å². The van der Waals surface area contributed by atoms with Crippen molar-refractivity contribution in [3.8, 4) is 5.75 Å². The van der Waals surface area contributed by atoms with Gasteiger partial charge in [0.05, 0.1) is 3.57 Å². The van der Waals surface area contributed by atoms with Gasteiger partial charge in [-0.25, -0.2) is 0 Å². The Balaban J connectivity index is 3.29. The van der Waals surface area contributed by atoms with Crippen LogP contribution < -0.4 is 0 Å². The maximum Gasteiger partial charge on any atom is 0.129 e. The van der Waals surface area contributed by atoms with Gasteiger partial charge >= 0.3 is 0 Å². The average molecular weight is 394 g/mol. The van der Waals surface area contributed by atoms with Crippen LogP contribution in [0.4, 0.5) is 0 Å². The molecule has 1 N–H and O–H groups in total. The van der Waals surface area contributed by atoms with Crippen LogP contribution >= 0.6 is 56.8 Å². The van der Waals surface area contributed by atoms with Gasteiger partial charge in [-0.3, -0.25) is 0 Å².